The summed E-state index contributed by atoms with van der Waals surface area (Å²) in [7, 11) is 0. The van der Waals surface area contributed by atoms with E-state index in [4.69, 9.17) is 4.74 Å². The number of nitrogens with zero attached hydrogens (tertiary/aromatic N) is 1. The molecule has 0 unspecified atom stereocenters. The van der Waals surface area contributed by atoms with Crippen LogP contribution in [0.15, 0.2) is 42.6 Å². The lowest BCUT2D eigenvalue weighted by molar-refractivity contribution is -0.137. The van der Waals surface area contributed by atoms with Crippen LogP contribution in [0.1, 0.15) is 22.3 Å². The Kier molecular flexibility index (Phi) is 5.03. The summed E-state index contributed by atoms with van der Waals surface area (Å²) in [5.41, 5.74) is -0.237. The van der Waals surface area contributed by atoms with Gasteiger partial charge in [-0.1, -0.05) is 12.1 Å². The van der Waals surface area contributed by atoms with E-state index in [0.29, 0.717) is 36.8 Å². The zero-order valence-corrected chi connectivity index (χ0v) is 13.3. The van der Waals surface area contributed by atoms with Crippen LogP contribution in [0.5, 0.6) is 0 Å². The molecule has 1 N–H and O–H groups in total. The summed E-state index contributed by atoms with van der Waals surface area (Å²) >= 11 is 0. The standard InChI is InChI=1S/C18H17F3N2O2/c19-18(20,21)15-2-1-8-22-16(15)13-3-5-14(6-4-13)17(24)23-10-12-7-9-25-11-12/h1-6,8,12H,7,9-11H2,(H,23,24)/t12-/m0/s1. The number of pyridine rings is 1. The molecule has 1 fully saturated rings. The highest BCUT2D eigenvalue weighted by molar-refractivity contribution is 5.94. The predicted octanol–water partition coefficient (Wildman–Crippen LogP) is 3.53. The molecule has 25 heavy (non-hydrogen) atoms. The SMILES string of the molecule is O=C(NC[C@@H]1CCOC1)c1ccc(-c2ncccc2C(F)(F)F)cc1. The summed E-state index contributed by atoms with van der Waals surface area (Å²) in [5, 5.41) is 2.82. The zero-order chi connectivity index (χ0) is 17.9. The van der Waals surface area contributed by atoms with Gasteiger partial charge in [0.2, 0.25) is 0 Å². The fraction of sp³-hybridized carbons (Fsp3) is 0.333. The molecular formula is C18H17F3N2O2. The molecule has 4 nitrogen and oxygen atoms in total. The normalized spacial score (nSPS) is 17.5. The molecule has 0 saturated carbocycles. The van der Waals surface area contributed by atoms with Crippen LogP contribution in [-0.4, -0.2) is 30.6 Å². The first-order valence-electron chi connectivity index (χ1n) is 7.94. The van der Waals surface area contributed by atoms with E-state index in [9.17, 15) is 18.0 Å². The second-order valence-corrected chi connectivity index (χ2v) is 5.91. The van der Waals surface area contributed by atoms with Crippen molar-refractivity contribution in [2.45, 2.75) is 12.6 Å². The van der Waals surface area contributed by atoms with Crippen LogP contribution >= 0.6 is 0 Å². The van der Waals surface area contributed by atoms with E-state index in [1.165, 1.54) is 36.5 Å². The third-order valence-electron chi connectivity index (χ3n) is 4.11. The molecule has 1 amide bonds. The minimum atomic E-state index is -4.48. The molecule has 1 aliphatic rings. The van der Waals surface area contributed by atoms with Gasteiger partial charge in [-0.2, -0.15) is 13.2 Å². The molecular weight excluding hydrogens is 333 g/mol. The third kappa shape index (κ3) is 4.17. The Morgan fingerprint density at radius 2 is 2.00 bits per heavy atom. The van der Waals surface area contributed by atoms with Crippen molar-refractivity contribution in [2.75, 3.05) is 19.8 Å². The molecule has 1 aromatic carbocycles. The number of alkyl halides is 3. The fourth-order valence-electron chi connectivity index (χ4n) is 2.73. The summed E-state index contributed by atoms with van der Waals surface area (Å²) in [6.45, 7) is 1.87. The number of benzene rings is 1. The fourth-order valence-corrected chi connectivity index (χ4v) is 2.73. The van der Waals surface area contributed by atoms with Gasteiger partial charge in [0, 0.05) is 36.4 Å². The minimum Gasteiger partial charge on any atom is -0.381 e. The Bertz CT molecular complexity index is 739. The van der Waals surface area contributed by atoms with E-state index in [-0.39, 0.29) is 11.6 Å². The van der Waals surface area contributed by atoms with Gasteiger partial charge in [-0.25, -0.2) is 0 Å². The molecule has 2 aromatic rings. The Morgan fingerprint density at radius 3 is 2.64 bits per heavy atom. The molecule has 7 heteroatoms. The number of carbonyl (C=O) groups excluding carboxylic acids is 1. The number of amides is 1. The zero-order valence-electron chi connectivity index (χ0n) is 13.3. The number of rotatable bonds is 4. The van der Waals surface area contributed by atoms with Gasteiger partial charge in [0.25, 0.3) is 5.91 Å². The first-order valence-corrected chi connectivity index (χ1v) is 7.94. The predicted molar refractivity (Wildman–Crippen MR) is 85.9 cm³/mol. The average molecular weight is 350 g/mol. The summed E-state index contributed by atoms with van der Waals surface area (Å²) in [6.07, 6.45) is -2.25. The second-order valence-electron chi connectivity index (χ2n) is 5.91. The van der Waals surface area contributed by atoms with Crippen LogP contribution in [0, 0.1) is 5.92 Å². The van der Waals surface area contributed by atoms with Crippen LogP contribution < -0.4 is 5.32 Å². The van der Waals surface area contributed by atoms with Crippen molar-refractivity contribution >= 4 is 5.91 Å². The lowest BCUT2D eigenvalue weighted by Crippen LogP contribution is -2.29. The van der Waals surface area contributed by atoms with Crippen molar-refractivity contribution in [3.63, 3.8) is 0 Å². The van der Waals surface area contributed by atoms with Crippen LogP contribution in [-0.2, 0) is 10.9 Å². The van der Waals surface area contributed by atoms with Crippen molar-refractivity contribution in [3.8, 4) is 11.3 Å². The van der Waals surface area contributed by atoms with Gasteiger partial charge < -0.3 is 10.1 Å². The lowest BCUT2D eigenvalue weighted by Gasteiger charge is -2.12. The van der Waals surface area contributed by atoms with Crippen LogP contribution in [0.25, 0.3) is 11.3 Å². The van der Waals surface area contributed by atoms with Crippen molar-refractivity contribution in [2.24, 2.45) is 5.92 Å². The molecule has 1 aliphatic heterocycles. The van der Waals surface area contributed by atoms with Crippen LogP contribution in [0.4, 0.5) is 13.2 Å². The molecule has 1 aromatic heterocycles. The minimum absolute atomic E-state index is 0.148. The van der Waals surface area contributed by atoms with Gasteiger partial charge in [-0.05, 0) is 30.7 Å². The Balaban J connectivity index is 1.73. The highest BCUT2D eigenvalue weighted by atomic mass is 19.4. The van der Waals surface area contributed by atoms with Gasteiger partial charge >= 0.3 is 6.18 Å². The summed E-state index contributed by atoms with van der Waals surface area (Å²) < 4.78 is 44.5. The van der Waals surface area contributed by atoms with Crippen molar-refractivity contribution in [1.82, 2.24) is 10.3 Å². The maximum atomic E-state index is 13.1. The Labute approximate surface area is 143 Å². The van der Waals surface area contributed by atoms with Crippen molar-refractivity contribution in [3.05, 3.63) is 53.7 Å². The van der Waals surface area contributed by atoms with E-state index in [0.717, 1.165) is 12.5 Å². The van der Waals surface area contributed by atoms with Gasteiger partial charge in [-0.15, -0.1) is 0 Å². The maximum Gasteiger partial charge on any atom is 0.418 e. The third-order valence-corrected chi connectivity index (χ3v) is 4.11. The van der Waals surface area contributed by atoms with Crippen LogP contribution in [0.2, 0.25) is 0 Å². The molecule has 1 atom stereocenters. The van der Waals surface area contributed by atoms with E-state index < -0.39 is 11.7 Å². The quantitative estimate of drug-likeness (QED) is 0.918. The smallest absolute Gasteiger partial charge is 0.381 e. The molecule has 0 aliphatic carbocycles. The van der Waals surface area contributed by atoms with E-state index in [1.54, 1.807) is 0 Å². The van der Waals surface area contributed by atoms with E-state index in [1.807, 2.05) is 0 Å². The molecule has 132 valence electrons. The highest BCUT2D eigenvalue weighted by Crippen LogP contribution is 2.35. The van der Waals surface area contributed by atoms with Crippen molar-refractivity contribution in [1.29, 1.82) is 0 Å². The number of nitrogens with one attached hydrogen (secondary N) is 1. The summed E-state index contributed by atoms with van der Waals surface area (Å²) in [6, 6.07) is 8.21. The number of ether oxygens (including phenoxy) is 1. The molecule has 0 spiro atoms. The monoisotopic (exact) mass is 350 g/mol. The molecule has 2 heterocycles. The number of aromatic nitrogens is 1. The molecule has 0 bridgehead atoms. The number of halogens is 3. The largest absolute Gasteiger partial charge is 0.418 e. The van der Waals surface area contributed by atoms with E-state index in [2.05, 4.69) is 10.3 Å². The summed E-state index contributed by atoms with van der Waals surface area (Å²) in [5.74, 6) is 0.0570. The second kappa shape index (κ2) is 7.23. The maximum absolute atomic E-state index is 13.1. The number of carbonyl (C=O) groups is 1. The Morgan fingerprint density at radius 1 is 1.24 bits per heavy atom. The van der Waals surface area contributed by atoms with Crippen LogP contribution in [0.3, 0.4) is 0 Å². The van der Waals surface area contributed by atoms with Gasteiger partial charge in [-0.3, -0.25) is 9.78 Å². The van der Waals surface area contributed by atoms with Gasteiger partial charge in [0.15, 0.2) is 0 Å². The van der Waals surface area contributed by atoms with E-state index >= 15 is 0 Å². The van der Waals surface area contributed by atoms with Crippen molar-refractivity contribution < 1.29 is 22.7 Å². The number of hydrogen-bond donors (Lipinski definition) is 1. The lowest BCUT2D eigenvalue weighted by atomic mass is 10.0. The first kappa shape index (κ1) is 17.4. The van der Waals surface area contributed by atoms with Gasteiger partial charge in [0.05, 0.1) is 17.9 Å². The van der Waals surface area contributed by atoms with Gasteiger partial charge in [0.1, 0.15) is 0 Å². The number of hydrogen-bond acceptors (Lipinski definition) is 3. The molecule has 3 rings (SSSR count). The highest BCUT2D eigenvalue weighted by Gasteiger charge is 2.34. The molecule has 1 saturated heterocycles. The average Bonchev–Trinajstić information content (AvgIpc) is 3.13. The topological polar surface area (TPSA) is 51.2 Å². The first-order chi connectivity index (χ1) is 11.9. The molecule has 0 radical (unpaired) electrons. The Hall–Kier alpha value is -2.41. The summed E-state index contributed by atoms with van der Waals surface area (Å²) in [4.78, 5) is 16.0.